The van der Waals surface area contributed by atoms with Crippen molar-refractivity contribution >= 4 is 55.1 Å². The number of hydrogen-bond donors (Lipinski definition) is 0. The van der Waals surface area contributed by atoms with Crippen LogP contribution in [0.4, 0.5) is 0 Å². The smallest absolute Gasteiger partial charge is 0.134 e. The predicted molar refractivity (Wildman–Crippen MR) is 118 cm³/mol. The minimum absolute atomic E-state index is 0.479. The monoisotopic (exact) mass is 501 g/mol. The van der Waals surface area contributed by atoms with Crippen LogP contribution in [0.1, 0.15) is 16.7 Å². The Morgan fingerprint density at radius 3 is 2.48 bits per heavy atom. The lowest BCUT2D eigenvalue weighted by Gasteiger charge is -2.09. The Bertz CT molecular complexity index is 1020. The fraction of sp³-hybridized carbons (Fsp3) is 0.0455. The summed E-state index contributed by atoms with van der Waals surface area (Å²) in [5.41, 5.74) is 3.32. The molecule has 0 heterocycles. The maximum absolute atomic E-state index is 9.48. The van der Waals surface area contributed by atoms with Crippen molar-refractivity contribution in [1.82, 2.24) is 0 Å². The van der Waals surface area contributed by atoms with E-state index < -0.39 is 0 Å². The zero-order valence-electron chi connectivity index (χ0n) is 14.1. The van der Waals surface area contributed by atoms with Gasteiger partial charge in [-0.05, 0) is 75.1 Å². The van der Waals surface area contributed by atoms with Crippen molar-refractivity contribution in [3.8, 4) is 11.8 Å². The lowest BCUT2D eigenvalue weighted by Crippen LogP contribution is -1.96. The van der Waals surface area contributed by atoms with Crippen LogP contribution in [0.3, 0.4) is 0 Å². The summed E-state index contributed by atoms with van der Waals surface area (Å²) in [5.74, 6) is 0.747. The van der Waals surface area contributed by atoms with Crippen molar-refractivity contribution in [2.75, 3.05) is 0 Å². The van der Waals surface area contributed by atoms with E-state index >= 15 is 0 Å². The lowest BCUT2D eigenvalue weighted by atomic mass is 10.0. The zero-order valence-corrected chi connectivity index (χ0v) is 18.1. The summed E-state index contributed by atoms with van der Waals surface area (Å²) in [6.07, 6.45) is 1.83. The molecular weight excluding hydrogens is 490 g/mol. The average molecular weight is 504 g/mol. The van der Waals surface area contributed by atoms with Crippen molar-refractivity contribution in [2.24, 2.45) is 0 Å². The molecule has 0 saturated heterocycles. The highest BCUT2D eigenvalue weighted by atomic mass is 79.9. The molecule has 0 atom stereocenters. The van der Waals surface area contributed by atoms with Crippen LogP contribution >= 0.6 is 43.5 Å². The molecule has 2 nitrogen and oxygen atoms in total. The largest absolute Gasteiger partial charge is 0.488 e. The standard InChI is InChI=1S/C22H14Br2ClNO/c23-19-7-4-15(5-8-19)14-27-22-9-6-16(11-21(22)24)10-18(13-26)17-2-1-3-20(25)12-17/h1-12H,14H2/b18-10-. The van der Waals surface area contributed by atoms with E-state index in [1.807, 2.05) is 60.7 Å². The number of benzene rings is 3. The summed E-state index contributed by atoms with van der Waals surface area (Å²) < 4.78 is 7.75. The number of hydrogen-bond acceptors (Lipinski definition) is 2. The van der Waals surface area contributed by atoms with Gasteiger partial charge in [0.05, 0.1) is 16.1 Å². The molecule has 5 heteroatoms. The molecule has 3 aromatic rings. The summed E-state index contributed by atoms with van der Waals surface area (Å²) in [6.45, 7) is 0.479. The third-order valence-electron chi connectivity index (χ3n) is 3.83. The van der Waals surface area contributed by atoms with Gasteiger partial charge < -0.3 is 4.74 Å². The topological polar surface area (TPSA) is 33.0 Å². The molecule has 27 heavy (non-hydrogen) atoms. The van der Waals surface area contributed by atoms with Crippen LogP contribution in [0.5, 0.6) is 5.75 Å². The molecular formula is C22H14Br2ClNO. The van der Waals surface area contributed by atoms with Crippen LogP contribution in [-0.4, -0.2) is 0 Å². The molecule has 0 amide bonds. The number of allylic oxidation sites excluding steroid dienone is 1. The van der Waals surface area contributed by atoms with E-state index in [2.05, 4.69) is 37.9 Å². The van der Waals surface area contributed by atoms with Crippen molar-refractivity contribution in [3.63, 3.8) is 0 Å². The van der Waals surface area contributed by atoms with E-state index in [1.165, 1.54) is 0 Å². The van der Waals surface area contributed by atoms with Gasteiger partial charge >= 0.3 is 0 Å². The number of ether oxygens (including phenoxy) is 1. The second kappa shape index (κ2) is 9.23. The van der Waals surface area contributed by atoms with E-state index in [0.29, 0.717) is 17.2 Å². The van der Waals surface area contributed by atoms with Crippen LogP contribution in [0.2, 0.25) is 5.02 Å². The van der Waals surface area contributed by atoms with Crippen molar-refractivity contribution in [1.29, 1.82) is 5.26 Å². The predicted octanol–water partition coefficient (Wildman–Crippen LogP) is 7.51. The summed E-state index contributed by atoms with van der Waals surface area (Å²) in [7, 11) is 0. The highest BCUT2D eigenvalue weighted by molar-refractivity contribution is 9.10. The van der Waals surface area contributed by atoms with Crippen molar-refractivity contribution in [3.05, 3.63) is 97.4 Å². The quantitative estimate of drug-likeness (QED) is 0.267. The number of nitriles is 1. The Balaban J connectivity index is 1.77. The van der Waals surface area contributed by atoms with E-state index in [4.69, 9.17) is 16.3 Å². The highest BCUT2D eigenvalue weighted by Crippen LogP contribution is 2.29. The molecule has 0 aliphatic heterocycles. The molecule has 0 saturated carbocycles. The number of halogens is 3. The van der Waals surface area contributed by atoms with Crippen molar-refractivity contribution in [2.45, 2.75) is 6.61 Å². The Labute approximate surface area is 180 Å². The third kappa shape index (κ3) is 5.46. The average Bonchev–Trinajstić information content (AvgIpc) is 2.66. The second-order valence-corrected chi connectivity index (χ2v) is 7.99. The van der Waals surface area contributed by atoms with Gasteiger partial charge in [0.15, 0.2) is 0 Å². The molecule has 0 aliphatic carbocycles. The first-order valence-electron chi connectivity index (χ1n) is 8.10. The maximum Gasteiger partial charge on any atom is 0.134 e. The molecule has 0 spiro atoms. The molecule has 0 radical (unpaired) electrons. The second-order valence-electron chi connectivity index (χ2n) is 5.79. The van der Waals surface area contributed by atoms with Crippen LogP contribution in [0.15, 0.2) is 75.7 Å². The Hall–Kier alpha value is -2.06. The molecule has 0 aromatic heterocycles. The van der Waals surface area contributed by atoms with Gasteiger partial charge in [0.2, 0.25) is 0 Å². The molecule has 3 rings (SSSR count). The molecule has 3 aromatic carbocycles. The Kier molecular flexibility index (Phi) is 6.73. The zero-order chi connectivity index (χ0) is 19.2. The van der Waals surface area contributed by atoms with Gasteiger partial charge in [-0.1, -0.05) is 57.9 Å². The molecule has 134 valence electrons. The minimum atomic E-state index is 0.479. The number of nitrogens with zero attached hydrogens (tertiary/aromatic N) is 1. The van der Waals surface area contributed by atoms with Gasteiger partial charge in [0.25, 0.3) is 0 Å². The van der Waals surface area contributed by atoms with Gasteiger partial charge in [-0.3, -0.25) is 0 Å². The van der Waals surface area contributed by atoms with Gasteiger partial charge in [0.1, 0.15) is 12.4 Å². The van der Waals surface area contributed by atoms with Gasteiger partial charge in [-0.15, -0.1) is 0 Å². The normalized spacial score (nSPS) is 11.1. The fourth-order valence-corrected chi connectivity index (χ4v) is 3.43. The Morgan fingerprint density at radius 1 is 1.04 bits per heavy atom. The fourth-order valence-electron chi connectivity index (χ4n) is 2.47. The van der Waals surface area contributed by atoms with E-state index in [0.717, 1.165) is 31.4 Å². The van der Waals surface area contributed by atoms with E-state index in [9.17, 15) is 5.26 Å². The van der Waals surface area contributed by atoms with E-state index in [-0.39, 0.29) is 0 Å². The molecule has 0 unspecified atom stereocenters. The molecule has 0 bridgehead atoms. The SMILES string of the molecule is N#C/C(=C/c1ccc(OCc2ccc(Br)cc2)c(Br)c1)c1cccc(Cl)c1. The summed E-state index contributed by atoms with van der Waals surface area (Å²) >= 11 is 13.0. The van der Waals surface area contributed by atoms with Crippen LogP contribution in [0, 0.1) is 11.3 Å². The third-order valence-corrected chi connectivity index (χ3v) is 5.21. The van der Waals surface area contributed by atoms with Gasteiger partial charge in [-0.25, -0.2) is 0 Å². The molecule has 0 aliphatic rings. The van der Waals surface area contributed by atoms with Crippen molar-refractivity contribution < 1.29 is 4.74 Å². The minimum Gasteiger partial charge on any atom is -0.488 e. The highest BCUT2D eigenvalue weighted by Gasteiger charge is 2.06. The van der Waals surface area contributed by atoms with Crippen LogP contribution in [-0.2, 0) is 6.61 Å². The van der Waals surface area contributed by atoms with Gasteiger partial charge in [0, 0.05) is 9.50 Å². The first-order chi connectivity index (χ1) is 13.0. The summed E-state index contributed by atoms with van der Waals surface area (Å²) in [5, 5.41) is 10.1. The van der Waals surface area contributed by atoms with E-state index in [1.54, 1.807) is 12.1 Å². The molecule has 0 N–H and O–H groups in total. The first-order valence-corrected chi connectivity index (χ1v) is 10.1. The van der Waals surface area contributed by atoms with Gasteiger partial charge in [-0.2, -0.15) is 5.26 Å². The summed E-state index contributed by atoms with van der Waals surface area (Å²) in [4.78, 5) is 0. The van der Waals surface area contributed by atoms with Crippen LogP contribution in [0.25, 0.3) is 11.6 Å². The molecule has 0 fully saturated rings. The maximum atomic E-state index is 9.48. The first kappa shape index (κ1) is 19.7. The number of rotatable bonds is 5. The van der Waals surface area contributed by atoms with Crippen LogP contribution < -0.4 is 4.74 Å². The Morgan fingerprint density at radius 2 is 1.81 bits per heavy atom. The summed E-state index contributed by atoms with van der Waals surface area (Å²) in [6, 6.07) is 23.2. The lowest BCUT2D eigenvalue weighted by molar-refractivity contribution is 0.304.